The summed E-state index contributed by atoms with van der Waals surface area (Å²) in [6, 6.07) is 9.90. The lowest BCUT2D eigenvalue weighted by Gasteiger charge is -2.04. The molecule has 112 valence electrons. The molecule has 21 heavy (non-hydrogen) atoms. The highest BCUT2D eigenvalue weighted by atomic mass is 35.5. The number of halogens is 1. The SMILES string of the molecule is CCc1ccc(C(C)=NNS(=O)(=O)c2ccc(Cl)cc2)s1. The molecule has 0 amide bonds. The van der Waals surface area contributed by atoms with E-state index in [0.717, 1.165) is 11.3 Å². The van der Waals surface area contributed by atoms with Crippen LogP contribution in [0.5, 0.6) is 0 Å². The Morgan fingerprint density at radius 1 is 1.24 bits per heavy atom. The second-order valence-electron chi connectivity index (χ2n) is 4.37. The van der Waals surface area contributed by atoms with Crippen LogP contribution in [-0.4, -0.2) is 14.1 Å². The molecule has 0 unspecified atom stereocenters. The van der Waals surface area contributed by atoms with Gasteiger partial charge in [0.1, 0.15) is 0 Å². The van der Waals surface area contributed by atoms with Gasteiger partial charge < -0.3 is 0 Å². The summed E-state index contributed by atoms with van der Waals surface area (Å²) >= 11 is 7.35. The third kappa shape index (κ3) is 4.06. The number of nitrogens with one attached hydrogen (secondary N) is 1. The molecule has 0 saturated carbocycles. The Morgan fingerprint density at radius 3 is 2.48 bits per heavy atom. The van der Waals surface area contributed by atoms with Gasteiger partial charge in [-0.05, 0) is 49.7 Å². The number of sulfonamides is 1. The Bertz CT molecular complexity index is 750. The highest BCUT2D eigenvalue weighted by molar-refractivity contribution is 7.89. The summed E-state index contributed by atoms with van der Waals surface area (Å²) in [4.78, 5) is 4.56. The quantitative estimate of drug-likeness (QED) is 0.665. The lowest BCUT2D eigenvalue weighted by molar-refractivity contribution is 0.584. The predicted octanol–water partition coefficient (Wildman–Crippen LogP) is 3.67. The number of benzene rings is 1. The van der Waals surface area contributed by atoms with E-state index < -0.39 is 10.0 Å². The molecule has 0 fully saturated rings. The average Bonchev–Trinajstić information content (AvgIpc) is 2.94. The monoisotopic (exact) mass is 342 g/mol. The summed E-state index contributed by atoms with van der Waals surface area (Å²) in [7, 11) is -3.67. The smallest absolute Gasteiger partial charge is 0.200 e. The van der Waals surface area contributed by atoms with Gasteiger partial charge >= 0.3 is 0 Å². The van der Waals surface area contributed by atoms with Gasteiger partial charge in [-0.15, -0.1) is 11.3 Å². The molecular weight excluding hydrogens is 328 g/mol. The maximum absolute atomic E-state index is 12.1. The van der Waals surface area contributed by atoms with Gasteiger partial charge in [-0.25, -0.2) is 0 Å². The van der Waals surface area contributed by atoms with Gasteiger partial charge in [0.25, 0.3) is 10.0 Å². The van der Waals surface area contributed by atoms with E-state index in [4.69, 9.17) is 11.6 Å². The molecule has 0 aliphatic heterocycles. The fraction of sp³-hybridized carbons (Fsp3) is 0.214. The van der Waals surface area contributed by atoms with Gasteiger partial charge in [-0.2, -0.15) is 18.4 Å². The van der Waals surface area contributed by atoms with Crippen molar-refractivity contribution >= 4 is 38.7 Å². The first-order chi connectivity index (χ1) is 9.92. The van der Waals surface area contributed by atoms with E-state index in [9.17, 15) is 8.42 Å². The van der Waals surface area contributed by atoms with E-state index in [0.29, 0.717) is 10.7 Å². The molecule has 0 radical (unpaired) electrons. The van der Waals surface area contributed by atoms with Crippen molar-refractivity contribution in [3.8, 4) is 0 Å². The van der Waals surface area contributed by atoms with Crippen molar-refractivity contribution in [3.05, 3.63) is 51.2 Å². The number of hydrogen-bond acceptors (Lipinski definition) is 4. The van der Waals surface area contributed by atoms with Crippen LogP contribution in [0.25, 0.3) is 0 Å². The van der Waals surface area contributed by atoms with E-state index in [1.165, 1.54) is 29.1 Å². The summed E-state index contributed by atoms with van der Waals surface area (Å²) in [5.41, 5.74) is 0.636. The molecule has 0 aliphatic rings. The highest BCUT2D eigenvalue weighted by Gasteiger charge is 2.13. The van der Waals surface area contributed by atoms with Crippen LogP contribution in [0.15, 0.2) is 46.4 Å². The van der Waals surface area contributed by atoms with Gasteiger partial charge in [-0.1, -0.05) is 18.5 Å². The molecule has 7 heteroatoms. The van der Waals surface area contributed by atoms with Crippen LogP contribution < -0.4 is 4.83 Å². The fourth-order valence-corrected chi connectivity index (χ4v) is 3.49. The Morgan fingerprint density at radius 2 is 1.90 bits per heavy atom. The molecule has 4 nitrogen and oxygen atoms in total. The molecule has 0 aliphatic carbocycles. The van der Waals surface area contributed by atoms with Crippen molar-refractivity contribution in [2.24, 2.45) is 5.10 Å². The molecule has 0 atom stereocenters. The van der Waals surface area contributed by atoms with Crippen LogP contribution in [0, 0.1) is 0 Å². The first-order valence-corrected chi connectivity index (χ1v) is 9.01. The number of nitrogens with zero attached hydrogens (tertiary/aromatic N) is 1. The molecule has 2 rings (SSSR count). The van der Waals surface area contributed by atoms with E-state index in [-0.39, 0.29) is 4.90 Å². The first kappa shape index (κ1) is 16.0. The molecule has 0 bridgehead atoms. The fourth-order valence-electron chi connectivity index (χ4n) is 1.61. The Labute approximate surface area is 133 Å². The molecular formula is C14H15ClN2O2S2. The maximum Gasteiger partial charge on any atom is 0.276 e. The van der Waals surface area contributed by atoms with Gasteiger partial charge in [0.2, 0.25) is 0 Å². The van der Waals surface area contributed by atoms with Gasteiger partial charge in [0, 0.05) is 9.90 Å². The molecule has 1 aromatic carbocycles. The topological polar surface area (TPSA) is 58.5 Å². The number of aryl methyl sites for hydroxylation is 1. The minimum atomic E-state index is -3.67. The lowest BCUT2D eigenvalue weighted by Crippen LogP contribution is -2.19. The zero-order chi connectivity index (χ0) is 15.5. The molecule has 1 aromatic heterocycles. The number of hydrogen-bond donors (Lipinski definition) is 1. The van der Waals surface area contributed by atoms with Crippen molar-refractivity contribution in [1.82, 2.24) is 4.83 Å². The van der Waals surface area contributed by atoms with Crippen molar-refractivity contribution in [2.75, 3.05) is 0 Å². The van der Waals surface area contributed by atoms with Crippen molar-refractivity contribution in [1.29, 1.82) is 0 Å². The van der Waals surface area contributed by atoms with Crippen molar-refractivity contribution in [3.63, 3.8) is 0 Å². The van der Waals surface area contributed by atoms with E-state index in [2.05, 4.69) is 16.9 Å². The highest BCUT2D eigenvalue weighted by Crippen LogP contribution is 2.18. The predicted molar refractivity (Wildman–Crippen MR) is 87.7 cm³/mol. The van der Waals surface area contributed by atoms with Crippen LogP contribution in [0.1, 0.15) is 23.6 Å². The second kappa shape index (κ2) is 6.60. The zero-order valence-electron chi connectivity index (χ0n) is 11.6. The Kier molecular flexibility index (Phi) is 5.03. The van der Waals surface area contributed by atoms with E-state index in [1.54, 1.807) is 18.3 Å². The normalized spacial score (nSPS) is 12.4. The van der Waals surface area contributed by atoms with Crippen molar-refractivity contribution < 1.29 is 8.42 Å². The summed E-state index contributed by atoms with van der Waals surface area (Å²) in [6.07, 6.45) is 0.953. The second-order valence-corrected chi connectivity index (χ2v) is 7.63. The van der Waals surface area contributed by atoms with Crippen LogP contribution >= 0.6 is 22.9 Å². The number of hydrazone groups is 1. The van der Waals surface area contributed by atoms with Gasteiger partial charge in [0.05, 0.1) is 15.5 Å². The third-order valence-electron chi connectivity index (χ3n) is 2.82. The first-order valence-electron chi connectivity index (χ1n) is 6.33. The van der Waals surface area contributed by atoms with E-state index in [1.807, 2.05) is 12.1 Å². The summed E-state index contributed by atoms with van der Waals surface area (Å²) in [6.45, 7) is 3.85. The molecule has 1 N–H and O–H groups in total. The molecule has 1 heterocycles. The summed E-state index contributed by atoms with van der Waals surface area (Å²) < 4.78 is 24.2. The van der Waals surface area contributed by atoms with Crippen LogP contribution in [-0.2, 0) is 16.4 Å². The maximum atomic E-state index is 12.1. The average molecular weight is 343 g/mol. The third-order valence-corrected chi connectivity index (χ3v) is 5.64. The number of thiophene rings is 1. The summed E-state index contributed by atoms with van der Waals surface area (Å²) in [5.74, 6) is 0. The molecule has 0 spiro atoms. The minimum Gasteiger partial charge on any atom is -0.200 e. The minimum absolute atomic E-state index is 0.129. The largest absolute Gasteiger partial charge is 0.276 e. The summed E-state index contributed by atoms with van der Waals surface area (Å²) in [5, 5.41) is 4.45. The molecule has 2 aromatic rings. The zero-order valence-corrected chi connectivity index (χ0v) is 14.0. The lowest BCUT2D eigenvalue weighted by atomic mass is 10.3. The van der Waals surface area contributed by atoms with Crippen molar-refractivity contribution in [2.45, 2.75) is 25.2 Å². The Balaban J connectivity index is 2.16. The van der Waals surface area contributed by atoms with Gasteiger partial charge in [-0.3, -0.25) is 0 Å². The van der Waals surface area contributed by atoms with Gasteiger partial charge in [0.15, 0.2) is 0 Å². The van der Waals surface area contributed by atoms with Crippen LogP contribution in [0.2, 0.25) is 5.02 Å². The Hall–Kier alpha value is -1.37. The van der Waals surface area contributed by atoms with Crippen LogP contribution in [0.3, 0.4) is 0 Å². The standard InChI is InChI=1S/C14H15ClN2O2S2/c1-3-12-6-9-14(20-12)10(2)16-17-21(18,19)13-7-4-11(15)5-8-13/h4-9,17H,3H2,1-2H3. The number of rotatable bonds is 5. The molecule has 0 saturated heterocycles. The van der Waals surface area contributed by atoms with E-state index >= 15 is 0 Å². The van der Waals surface area contributed by atoms with Crippen LogP contribution in [0.4, 0.5) is 0 Å².